The first-order valence-electron chi connectivity index (χ1n) is 3.39. The second-order valence-electron chi connectivity index (χ2n) is 2.37. The summed E-state index contributed by atoms with van der Waals surface area (Å²) in [5.41, 5.74) is 0.269. The minimum absolute atomic E-state index is 0.152. The molecule has 2 rings (SSSR count). The third kappa shape index (κ3) is 1.05. The van der Waals surface area contributed by atoms with Crippen molar-refractivity contribution < 1.29 is 4.92 Å². The van der Waals surface area contributed by atoms with E-state index < -0.39 is 0 Å². The maximum atomic E-state index is 10.5. The van der Waals surface area contributed by atoms with Crippen molar-refractivity contribution in [2.24, 2.45) is 0 Å². The summed E-state index contributed by atoms with van der Waals surface area (Å²) in [6.45, 7) is 0. The van der Waals surface area contributed by atoms with Crippen LogP contribution in [0.25, 0.3) is 9.65 Å². The second kappa shape index (κ2) is 2.73. The number of nitro groups is 1. The van der Waals surface area contributed by atoms with Gasteiger partial charge in [-0.25, -0.2) is 0 Å². The van der Waals surface area contributed by atoms with E-state index in [1.165, 1.54) is 0 Å². The molecule has 0 aliphatic carbocycles. The first-order valence-corrected chi connectivity index (χ1v) is 5.24. The molecule has 0 saturated carbocycles. The van der Waals surface area contributed by atoms with E-state index in [1.54, 1.807) is 11.0 Å². The monoisotopic (exact) mass is 227 g/mol. The molecule has 2 aromatic rings. The molecular formula is C8H5NO2Se. The zero-order chi connectivity index (χ0) is 8.55. The molecule has 0 radical (unpaired) electrons. The number of fused-ring (bicyclic) bond motifs is 1. The molecule has 0 atom stereocenters. The predicted octanol–water partition coefficient (Wildman–Crippen LogP) is 1.80. The van der Waals surface area contributed by atoms with Crippen molar-refractivity contribution in [1.29, 1.82) is 0 Å². The van der Waals surface area contributed by atoms with Crippen molar-refractivity contribution >= 4 is 29.8 Å². The van der Waals surface area contributed by atoms with Crippen LogP contribution in [0.2, 0.25) is 0 Å². The standard InChI is InChI=1S/C8H5NO2Se/c10-9(11)7-5-12-8-4-2-1-3-6(7)8/h1-5H. The summed E-state index contributed by atoms with van der Waals surface area (Å²) in [6, 6.07) is 7.50. The molecule has 60 valence electrons. The average molecular weight is 226 g/mol. The van der Waals surface area contributed by atoms with E-state index in [0.29, 0.717) is 0 Å². The molecular weight excluding hydrogens is 221 g/mol. The van der Waals surface area contributed by atoms with Crippen LogP contribution in [0.5, 0.6) is 0 Å². The van der Waals surface area contributed by atoms with Crippen molar-refractivity contribution in [2.75, 3.05) is 0 Å². The molecule has 3 nitrogen and oxygen atoms in total. The fourth-order valence-corrected chi connectivity index (χ4v) is 3.01. The Labute approximate surface area is 74.5 Å². The van der Waals surface area contributed by atoms with Gasteiger partial charge in [0.15, 0.2) is 0 Å². The molecule has 4 heteroatoms. The van der Waals surface area contributed by atoms with Gasteiger partial charge in [0, 0.05) is 0 Å². The van der Waals surface area contributed by atoms with Gasteiger partial charge in [0.05, 0.1) is 0 Å². The molecule has 0 amide bonds. The summed E-state index contributed by atoms with van der Waals surface area (Å²) in [5, 5.41) is 11.3. The Morgan fingerprint density at radius 3 is 2.83 bits per heavy atom. The summed E-state index contributed by atoms with van der Waals surface area (Å²) < 4.78 is 1.11. The molecule has 1 heterocycles. The molecule has 0 bridgehead atoms. The first kappa shape index (κ1) is 7.52. The van der Waals surface area contributed by atoms with E-state index >= 15 is 0 Å². The van der Waals surface area contributed by atoms with Crippen LogP contribution in [0, 0.1) is 10.1 Å². The Morgan fingerprint density at radius 1 is 1.33 bits per heavy atom. The molecule has 0 spiro atoms. The fraction of sp³-hybridized carbons (Fsp3) is 0. The van der Waals surface area contributed by atoms with Gasteiger partial charge in [-0.3, -0.25) is 0 Å². The van der Waals surface area contributed by atoms with E-state index in [2.05, 4.69) is 0 Å². The van der Waals surface area contributed by atoms with Crippen LogP contribution in [-0.4, -0.2) is 19.4 Å². The molecule has 0 fully saturated rings. The maximum absolute atomic E-state index is 10.5. The summed E-state index contributed by atoms with van der Waals surface area (Å²) >= 11 is 0.152. The van der Waals surface area contributed by atoms with Crippen LogP contribution >= 0.6 is 0 Å². The van der Waals surface area contributed by atoms with E-state index in [0.717, 1.165) is 9.65 Å². The minimum atomic E-state index is -0.312. The van der Waals surface area contributed by atoms with Crippen LogP contribution in [-0.2, 0) is 0 Å². The molecule has 0 saturated heterocycles. The zero-order valence-electron chi connectivity index (χ0n) is 6.06. The van der Waals surface area contributed by atoms with Gasteiger partial charge < -0.3 is 0 Å². The van der Waals surface area contributed by atoms with E-state index in [-0.39, 0.29) is 25.1 Å². The Morgan fingerprint density at radius 2 is 2.08 bits per heavy atom. The molecule has 0 unspecified atom stereocenters. The number of benzene rings is 1. The van der Waals surface area contributed by atoms with Crippen LogP contribution in [0.15, 0.2) is 29.2 Å². The molecule has 1 aromatic carbocycles. The van der Waals surface area contributed by atoms with Gasteiger partial charge in [0.1, 0.15) is 0 Å². The zero-order valence-corrected chi connectivity index (χ0v) is 7.77. The second-order valence-corrected chi connectivity index (χ2v) is 4.29. The van der Waals surface area contributed by atoms with Gasteiger partial charge in [-0.1, -0.05) is 0 Å². The van der Waals surface area contributed by atoms with Crippen molar-refractivity contribution in [2.45, 2.75) is 0 Å². The van der Waals surface area contributed by atoms with Crippen LogP contribution in [0.1, 0.15) is 0 Å². The molecule has 0 aliphatic rings. The van der Waals surface area contributed by atoms with Gasteiger partial charge in [0.25, 0.3) is 0 Å². The predicted molar refractivity (Wildman–Crippen MR) is 47.5 cm³/mol. The third-order valence-electron chi connectivity index (χ3n) is 1.66. The van der Waals surface area contributed by atoms with Gasteiger partial charge in [-0.2, -0.15) is 0 Å². The van der Waals surface area contributed by atoms with Crippen molar-refractivity contribution in [3.63, 3.8) is 0 Å². The topological polar surface area (TPSA) is 43.1 Å². The Kier molecular flexibility index (Phi) is 1.71. The van der Waals surface area contributed by atoms with E-state index in [1.807, 2.05) is 18.2 Å². The van der Waals surface area contributed by atoms with E-state index in [4.69, 9.17) is 0 Å². The molecule has 12 heavy (non-hydrogen) atoms. The van der Waals surface area contributed by atoms with Crippen LogP contribution < -0.4 is 0 Å². The number of nitrogens with zero attached hydrogens (tertiary/aromatic N) is 1. The summed E-state index contributed by atoms with van der Waals surface area (Å²) in [7, 11) is 0. The Balaban J connectivity index is 2.79. The van der Waals surface area contributed by atoms with Gasteiger partial charge in [-0.15, -0.1) is 0 Å². The first-order chi connectivity index (χ1) is 5.79. The van der Waals surface area contributed by atoms with Crippen LogP contribution in [0.4, 0.5) is 5.69 Å². The Hall–Kier alpha value is -1.12. The summed E-state index contributed by atoms with van der Waals surface area (Å²) in [6.07, 6.45) is 0. The Bertz CT molecular complexity index is 435. The van der Waals surface area contributed by atoms with Crippen molar-refractivity contribution in [3.8, 4) is 0 Å². The molecule has 0 aliphatic heterocycles. The van der Waals surface area contributed by atoms with Gasteiger partial charge in [-0.05, 0) is 0 Å². The normalized spacial score (nSPS) is 10.3. The van der Waals surface area contributed by atoms with E-state index in [9.17, 15) is 10.1 Å². The van der Waals surface area contributed by atoms with Crippen LogP contribution in [0.3, 0.4) is 0 Å². The fourth-order valence-electron chi connectivity index (χ4n) is 1.11. The van der Waals surface area contributed by atoms with Crippen molar-refractivity contribution in [3.05, 3.63) is 39.3 Å². The summed E-state index contributed by atoms with van der Waals surface area (Å²) in [4.78, 5) is 11.9. The number of hydrogen-bond donors (Lipinski definition) is 0. The summed E-state index contributed by atoms with van der Waals surface area (Å²) in [5.74, 6) is 0. The van der Waals surface area contributed by atoms with Crippen molar-refractivity contribution in [1.82, 2.24) is 0 Å². The quantitative estimate of drug-likeness (QED) is 0.422. The van der Waals surface area contributed by atoms with Gasteiger partial charge in [0.2, 0.25) is 0 Å². The number of rotatable bonds is 1. The molecule has 1 aromatic heterocycles. The SMILES string of the molecule is O=[N+]([O-])c1c[se]c2ccccc12. The molecule has 0 N–H and O–H groups in total. The third-order valence-corrected chi connectivity index (χ3v) is 3.65. The number of hydrogen-bond acceptors (Lipinski definition) is 2. The average Bonchev–Trinajstić information content (AvgIpc) is 2.47. The van der Waals surface area contributed by atoms with Gasteiger partial charge >= 0.3 is 74.1 Å².